The van der Waals surface area contributed by atoms with Gasteiger partial charge in [-0.1, -0.05) is 24.3 Å². The zero-order valence-electron chi connectivity index (χ0n) is 14.3. The highest BCUT2D eigenvalue weighted by Gasteiger charge is 2.27. The number of hydrogen-bond acceptors (Lipinski definition) is 3. The number of urea groups is 1. The number of hydrogen-bond donors (Lipinski definition) is 3. The molecule has 1 aliphatic heterocycles. The van der Waals surface area contributed by atoms with E-state index in [1.165, 1.54) is 5.56 Å². The fourth-order valence-corrected chi connectivity index (χ4v) is 3.13. The molecule has 0 aliphatic carbocycles. The summed E-state index contributed by atoms with van der Waals surface area (Å²) < 4.78 is 0. The summed E-state index contributed by atoms with van der Waals surface area (Å²) in [5.41, 5.74) is 9.87. The number of amides is 2. The molecule has 3 rings (SSSR count). The number of anilines is 2. The number of aryl methyl sites for hydroxylation is 1. The van der Waals surface area contributed by atoms with Crippen molar-refractivity contribution < 1.29 is 4.79 Å². The molecule has 0 saturated heterocycles. The predicted molar refractivity (Wildman–Crippen MR) is 99.1 cm³/mol. The first-order chi connectivity index (χ1) is 12.0. The van der Waals surface area contributed by atoms with Crippen LogP contribution in [0.25, 0.3) is 0 Å². The highest BCUT2D eigenvalue weighted by Crippen LogP contribution is 2.33. The third kappa shape index (κ3) is 3.74. The number of benzene rings is 2. The van der Waals surface area contributed by atoms with Crippen LogP contribution in [0.5, 0.6) is 0 Å². The molecule has 5 nitrogen and oxygen atoms in total. The third-order valence-electron chi connectivity index (χ3n) is 4.80. The van der Waals surface area contributed by atoms with E-state index in [0.29, 0.717) is 6.54 Å². The fourth-order valence-electron chi connectivity index (χ4n) is 3.13. The minimum absolute atomic E-state index is 0.202. The lowest BCUT2D eigenvalue weighted by atomic mass is 9.78. The van der Waals surface area contributed by atoms with Gasteiger partial charge >= 0.3 is 6.03 Å². The van der Waals surface area contributed by atoms with E-state index in [1.54, 1.807) is 0 Å². The van der Waals surface area contributed by atoms with E-state index in [0.717, 1.165) is 41.8 Å². The molecule has 0 fully saturated rings. The smallest absolute Gasteiger partial charge is 0.319 e. The van der Waals surface area contributed by atoms with Crippen LogP contribution in [-0.4, -0.2) is 6.03 Å². The molecule has 1 aliphatic rings. The SMILES string of the molecule is CC(C#N)(CCCc1ccc(N)cc1)c1ccc2c(c1)NC(=O)NC2. The summed E-state index contributed by atoms with van der Waals surface area (Å²) in [7, 11) is 0. The van der Waals surface area contributed by atoms with Crippen LogP contribution >= 0.6 is 0 Å². The number of carbonyl (C=O) groups excluding carboxylic acids is 1. The van der Waals surface area contributed by atoms with Gasteiger partial charge in [0.15, 0.2) is 0 Å². The maximum Gasteiger partial charge on any atom is 0.319 e. The Kier molecular flexibility index (Phi) is 4.62. The van der Waals surface area contributed by atoms with Gasteiger partial charge in [0, 0.05) is 17.9 Å². The van der Waals surface area contributed by atoms with Gasteiger partial charge in [0.1, 0.15) is 0 Å². The molecule has 1 unspecified atom stereocenters. The second-order valence-corrected chi connectivity index (χ2v) is 6.72. The summed E-state index contributed by atoms with van der Waals surface area (Å²) in [6.45, 7) is 2.47. The zero-order valence-corrected chi connectivity index (χ0v) is 14.3. The number of nitrogens with one attached hydrogen (secondary N) is 2. The fraction of sp³-hybridized carbons (Fsp3) is 0.300. The standard InChI is InChI=1S/C20H22N4O/c1-20(13-21,10-2-3-14-4-8-17(22)9-5-14)16-7-6-15-12-23-19(25)24-18(15)11-16/h4-9,11H,2-3,10,12,22H2,1H3,(H2,23,24,25). The van der Waals surface area contributed by atoms with Gasteiger partial charge in [-0.15, -0.1) is 0 Å². The molecule has 128 valence electrons. The highest BCUT2D eigenvalue weighted by molar-refractivity contribution is 5.92. The second kappa shape index (κ2) is 6.86. The van der Waals surface area contributed by atoms with Crippen LogP contribution in [0.15, 0.2) is 42.5 Å². The normalized spacial score (nSPS) is 15.3. The largest absolute Gasteiger partial charge is 0.399 e. The Labute approximate surface area is 147 Å². The molecule has 0 spiro atoms. The number of nitrogen functional groups attached to an aromatic ring is 1. The predicted octanol–water partition coefficient (Wildman–Crippen LogP) is 3.71. The molecule has 1 atom stereocenters. The molecule has 1 heterocycles. The topological polar surface area (TPSA) is 90.9 Å². The Hall–Kier alpha value is -3.00. The van der Waals surface area contributed by atoms with E-state index in [9.17, 15) is 10.1 Å². The molecule has 25 heavy (non-hydrogen) atoms. The molecular formula is C20H22N4O. The zero-order chi connectivity index (χ0) is 17.9. The van der Waals surface area contributed by atoms with Gasteiger partial charge in [-0.05, 0) is 61.1 Å². The minimum atomic E-state index is -0.585. The van der Waals surface area contributed by atoms with Gasteiger partial charge in [-0.25, -0.2) is 4.79 Å². The van der Waals surface area contributed by atoms with Crippen LogP contribution in [0.4, 0.5) is 16.2 Å². The highest BCUT2D eigenvalue weighted by atomic mass is 16.2. The van der Waals surface area contributed by atoms with Crippen LogP contribution in [0.2, 0.25) is 0 Å². The van der Waals surface area contributed by atoms with E-state index in [4.69, 9.17) is 5.73 Å². The van der Waals surface area contributed by atoms with E-state index in [-0.39, 0.29) is 6.03 Å². The number of nitrogens with two attached hydrogens (primary N) is 1. The lowest BCUT2D eigenvalue weighted by Gasteiger charge is -2.25. The first-order valence-corrected chi connectivity index (χ1v) is 8.44. The summed E-state index contributed by atoms with van der Waals surface area (Å²) in [6.07, 6.45) is 2.56. The minimum Gasteiger partial charge on any atom is -0.399 e. The molecule has 5 heteroatoms. The van der Waals surface area contributed by atoms with Crippen molar-refractivity contribution in [2.24, 2.45) is 0 Å². The Morgan fingerprint density at radius 3 is 2.72 bits per heavy atom. The number of rotatable bonds is 5. The number of fused-ring (bicyclic) bond motifs is 1. The number of nitriles is 1. The van der Waals surface area contributed by atoms with Gasteiger partial charge in [0.25, 0.3) is 0 Å². The lowest BCUT2D eigenvalue weighted by Crippen LogP contribution is -2.33. The molecule has 0 saturated carbocycles. The molecule has 0 bridgehead atoms. The van der Waals surface area contributed by atoms with Crippen LogP contribution < -0.4 is 16.4 Å². The van der Waals surface area contributed by atoms with Crippen molar-refractivity contribution >= 4 is 17.4 Å². The molecule has 2 aromatic carbocycles. The average molecular weight is 334 g/mol. The van der Waals surface area contributed by atoms with Crippen molar-refractivity contribution in [3.63, 3.8) is 0 Å². The van der Waals surface area contributed by atoms with Crippen molar-refractivity contribution in [1.82, 2.24) is 5.32 Å². The second-order valence-electron chi connectivity index (χ2n) is 6.72. The first kappa shape index (κ1) is 16.8. The number of carbonyl (C=O) groups is 1. The maximum atomic E-state index is 11.5. The van der Waals surface area contributed by atoms with Crippen LogP contribution in [0.1, 0.15) is 36.5 Å². The Morgan fingerprint density at radius 2 is 2.00 bits per heavy atom. The van der Waals surface area contributed by atoms with Gasteiger partial charge < -0.3 is 16.4 Å². The lowest BCUT2D eigenvalue weighted by molar-refractivity contribution is 0.251. The molecule has 2 amide bonds. The van der Waals surface area contributed by atoms with Crippen molar-refractivity contribution in [1.29, 1.82) is 5.26 Å². The molecule has 0 aromatic heterocycles. The van der Waals surface area contributed by atoms with Gasteiger partial charge in [-0.3, -0.25) is 0 Å². The number of nitrogens with zero attached hydrogens (tertiary/aromatic N) is 1. The van der Waals surface area contributed by atoms with E-state index in [2.05, 4.69) is 16.7 Å². The average Bonchev–Trinajstić information content (AvgIpc) is 2.62. The quantitative estimate of drug-likeness (QED) is 0.728. The van der Waals surface area contributed by atoms with Gasteiger partial charge in [-0.2, -0.15) is 5.26 Å². The molecule has 2 aromatic rings. The summed E-state index contributed by atoms with van der Waals surface area (Å²) in [5, 5.41) is 15.3. The van der Waals surface area contributed by atoms with Crippen LogP contribution in [-0.2, 0) is 18.4 Å². The van der Waals surface area contributed by atoms with E-state index in [1.807, 2.05) is 49.4 Å². The summed E-state index contributed by atoms with van der Waals surface area (Å²) in [5.74, 6) is 0. The Bertz CT molecular complexity index is 823. The Morgan fingerprint density at radius 1 is 1.24 bits per heavy atom. The van der Waals surface area contributed by atoms with Crippen molar-refractivity contribution in [2.75, 3.05) is 11.1 Å². The van der Waals surface area contributed by atoms with Crippen molar-refractivity contribution in [3.05, 3.63) is 59.2 Å². The summed E-state index contributed by atoms with van der Waals surface area (Å²) in [4.78, 5) is 11.5. The maximum absolute atomic E-state index is 11.5. The van der Waals surface area contributed by atoms with Gasteiger partial charge in [0.2, 0.25) is 0 Å². The van der Waals surface area contributed by atoms with E-state index < -0.39 is 5.41 Å². The third-order valence-corrected chi connectivity index (χ3v) is 4.80. The Balaban J connectivity index is 1.72. The van der Waals surface area contributed by atoms with Crippen LogP contribution in [0, 0.1) is 11.3 Å². The van der Waals surface area contributed by atoms with Gasteiger partial charge in [0.05, 0.1) is 11.5 Å². The van der Waals surface area contributed by atoms with Crippen molar-refractivity contribution in [3.8, 4) is 6.07 Å². The summed E-state index contributed by atoms with van der Waals surface area (Å²) in [6, 6.07) is 16.0. The molecular weight excluding hydrogens is 312 g/mol. The monoisotopic (exact) mass is 334 g/mol. The van der Waals surface area contributed by atoms with E-state index >= 15 is 0 Å². The summed E-state index contributed by atoms with van der Waals surface area (Å²) >= 11 is 0. The van der Waals surface area contributed by atoms with Crippen LogP contribution in [0.3, 0.4) is 0 Å². The van der Waals surface area contributed by atoms with Crippen molar-refractivity contribution in [2.45, 2.75) is 38.1 Å². The molecule has 4 N–H and O–H groups in total. The molecule has 0 radical (unpaired) electrons. The first-order valence-electron chi connectivity index (χ1n) is 8.44.